The first-order chi connectivity index (χ1) is 13.8. The molecule has 0 radical (unpaired) electrons. The predicted molar refractivity (Wildman–Crippen MR) is 113 cm³/mol. The molecule has 0 atom stereocenters. The van der Waals surface area contributed by atoms with Gasteiger partial charge < -0.3 is 9.64 Å². The maximum Gasteiger partial charge on any atom is 0.257 e. The van der Waals surface area contributed by atoms with Crippen molar-refractivity contribution in [3.05, 3.63) is 58.7 Å². The normalized spacial score (nSPS) is 15.4. The van der Waals surface area contributed by atoms with Crippen molar-refractivity contribution in [1.29, 1.82) is 0 Å². The molecule has 1 aliphatic rings. The summed E-state index contributed by atoms with van der Waals surface area (Å²) in [6, 6.07) is 10.9. The maximum absolute atomic E-state index is 13.2. The SMILES string of the molecule is CCOc1ccccc1C(=O)N1CCN(S(=O)(=O)c2c(C)cc(C)cc2C)CC1. The summed E-state index contributed by atoms with van der Waals surface area (Å²) in [5, 5.41) is 0. The number of carbonyl (C=O) groups is 1. The standard InChI is InChI=1S/C22H28N2O4S/c1-5-28-20-9-7-6-8-19(20)22(25)23-10-12-24(13-11-23)29(26,27)21-17(3)14-16(2)15-18(21)4/h6-9,14-15H,5,10-13H2,1-4H3. The molecule has 2 aromatic rings. The van der Waals surface area contributed by atoms with E-state index in [2.05, 4.69) is 0 Å². The fourth-order valence-electron chi connectivity index (χ4n) is 3.93. The summed E-state index contributed by atoms with van der Waals surface area (Å²) in [4.78, 5) is 15.0. The number of carbonyl (C=O) groups excluding carboxylic acids is 1. The van der Waals surface area contributed by atoms with E-state index in [0.29, 0.717) is 35.9 Å². The van der Waals surface area contributed by atoms with Crippen molar-refractivity contribution in [3.8, 4) is 5.75 Å². The van der Waals surface area contributed by atoms with Crippen molar-refractivity contribution < 1.29 is 17.9 Å². The van der Waals surface area contributed by atoms with Crippen LogP contribution in [0.15, 0.2) is 41.3 Å². The third kappa shape index (κ3) is 4.31. The van der Waals surface area contributed by atoms with Gasteiger partial charge in [0.25, 0.3) is 5.91 Å². The Morgan fingerprint density at radius 2 is 1.59 bits per heavy atom. The Hall–Kier alpha value is -2.38. The van der Waals surface area contributed by atoms with E-state index >= 15 is 0 Å². The van der Waals surface area contributed by atoms with Gasteiger partial charge in [-0.1, -0.05) is 29.8 Å². The monoisotopic (exact) mass is 416 g/mol. The minimum Gasteiger partial charge on any atom is -0.493 e. The molecule has 6 nitrogen and oxygen atoms in total. The Bertz CT molecular complexity index is 986. The van der Waals surface area contributed by atoms with Crippen LogP contribution in [-0.2, 0) is 10.0 Å². The smallest absolute Gasteiger partial charge is 0.257 e. The van der Waals surface area contributed by atoms with Gasteiger partial charge in [-0.2, -0.15) is 4.31 Å². The zero-order valence-corrected chi connectivity index (χ0v) is 18.3. The number of amides is 1. The second kappa shape index (κ2) is 8.55. The van der Waals surface area contributed by atoms with E-state index in [-0.39, 0.29) is 19.0 Å². The van der Waals surface area contributed by atoms with Crippen LogP contribution >= 0.6 is 0 Å². The number of aryl methyl sites for hydroxylation is 3. The lowest BCUT2D eigenvalue weighted by Gasteiger charge is -2.34. The molecule has 0 bridgehead atoms. The third-order valence-electron chi connectivity index (χ3n) is 5.15. The van der Waals surface area contributed by atoms with Crippen molar-refractivity contribution in [2.75, 3.05) is 32.8 Å². The number of nitrogens with zero attached hydrogens (tertiary/aromatic N) is 2. The Morgan fingerprint density at radius 1 is 1.00 bits per heavy atom. The number of rotatable bonds is 5. The van der Waals surface area contributed by atoms with Gasteiger partial charge in [-0.3, -0.25) is 4.79 Å². The number of hydrogen-bond acceptors (Lipinski definition) is 4. The molecule has 1 heterocycles. The van der Waals surface area contributed by atoms with Crippen LogP contribution in [0.5, 0.6) is 5.75 Å². The zero-order chi connectivity index (χ0) is 21.2. The predicted octanol–water partition coefficient (Wildman–Crippen LogP) is 3.16. The zero-order valence-electron chi connectivity index (χ0n) is 17.4. The van der Waals surface area contributed by atoms with Gasteiger partial charge in [0.1, 0.15) is 5.75 Å². The second-order valence-corrected chi connectivity index (χ2v) is 9.23. The van der Waals surface area contributed by atoms with Crippen molar-refractivity contribution in [1.82, 2.24) is 9.21 Å². The van der Waals surface area contributed by atoms with Gasteiger partial charge in [-0.15, -0.1) is 0 Å². The Balaban J connectivity index is 1.76. The highest BCUT2D eigenvalue weighted by Gasteiger charge is 2.32. The molecule has 1 saturated heterocycles. The first kappa shape index (κ1) is 21.3. The van der Waals surface area contributed by atoms with Crippen molar-refractivity contribution in [3.63, 3.8) is 0 Å². The molecular formula is C22H28N2O4S. The van der Waals surface area contributed by atoms with Crippen LogP contribution < -0.4 is 4.74 Å². The van der Waals surface area contributed by atoms with Gasteiger partial charge in [0, 0.05) is 26.2 Å². The lowest BCUT2D eigenvalue weighted by atomic mass is 10.1. The molecule has 156 valence electrons. The summed E-state index contributed by atoms with van der Waals surface area (Å²) in [5.74, 6) is 0.426. The molecule has 0 unspecified atom stereocenters. The van der Waals surface area contributed by atoms with Gasteiger partial charge in [-0.05, 0) is 51.0 Å². The molecule has 0 aromatic heterocycles. The highest BCUT2D eigenvalue weighted by atomic mass is 32.2. The Labute approximate surface area is 173 Å². The van der Waals surface area contributed by atoms with Crippen LogP contribution in [-0.4, -0.2) is 56.3 Å². The van der Waals surface area contributed by atoms with Gasteiger partial charge in [0.2, 0.25) is 10.0 Å². The summed E-state index contributed by atoms with van der Waals surface area (Å²) < 4.78 is 33.5. The molecule has 0 spiro atoms. The fraction of sp³-hybridized carbons (Fsp3) is 0.409. The second-order valence-electron chi connectivity index (χ2n) is 7.35. The number of ether oxygens (including phenoxy) is 1. The number of sulfonamides is 1. The van der Waals surface area contributed by atoms with Crippen molar-refractivity contribution in [2.24, 2.45) is 0 Å². The quantitative estimate of drug-likeness (QED) is 0.751. The molecule has 0 saturated carbocycles. The summed E-state index contributed by atoms with van der Waals surface area (Å²) in [7, 11) is -3.60. The van der Waals surface area contributed by atoms with Gasteiger partial charge in [0.15, 0.2) is 0 Å². The van der Waals surface area contributed by atoms with Crippen LogP contribution in [0.1, 0.15) is 34.0 Å². The lowest BCUT2D eigenvalue weighted by Crippen LogP contribution is -2.50. The summed E-state index contributed by atoms with van der Waals surface area (Å²) >= 11 is 0. The summed E-state index contributed by atoms with van der Waals surface area (Å²) in [6.45, 7) is 9.22. The molecule has 7 heteroatoms. The first-order valence-corrected chi connectivity index (χ1v) is 11.3. The molecule has 2 aromatic carbocycles. The Kier molecular flexibility index (Phi) is 6.29. The van der Waals surface area contributed by atoms with Gasteiger partial charge in [-0.25, -0.2) is 8.42 Å². The number of para-hydroxylation sites is 1. The minimum atomic E-state index is -3.60. The minimum absolute atomic E-state index is 0.131. The first-order valence-electron chi connectivity index (χ1n) is 9.84. The van der Waals surface area contributed by atoms with Crippen molar-refractivity contribution >= 4 is 15.9 Å². The van der Waals surface area contributed by atoms with E-state index in [1.54, 1.807) is 23.1 Å². The number of piperazine rings is 1. The topological polar surface area (TPSA) is 66.9 Å². The van der Waals surface area contributed by atoms with E-state index < -0.39 is 10.0 Å². The van der Waals surface area contributed by atoms with Gasteiger partial charge in [0.05, 0.1) is 17.1 Å². The van der Waals surface area contributed by atoms with Crippen molar-refractivity contribution in [2.45, 2.75) is 32.6 Å². The van der Waals surface area contributed by atoms with E-state index in [1.807, 2.05) is 45.9 Å². The molecular weight excluding hydrogens is 388 g/mol. The molecule has 1 fully saturated rings. The van der Waals surface area contributed by atoms with Crippen LogP contribution in [0.3, 0.4) is 0 Å². The average molecular weight is 417 g/mol. The number of hydrogen-bond donors (Lipinski definition) is 0. The highest BCUT2D eigenvalue weighted by Crippen LogP contribution is 2.27. The molecule has 29 heavy (non-hydrogen) atoms. The largest absolute Gasteiger partial charge is 0.493 e. The van der Waals surface area contributed by atoms with Crippen LogP contribution in [0, 0.1) is 20.8 Å². The molecule has 0 N–H and O–H groups in total. The molecule has 1 aliphatic heterocycles. The fourth-order valence-corrected chi connectivity index (χ4v) is 5.76. The van der Waals surface area contributed by atoms with Crippen LogP contribution in [0.4, 0.5) is 0 Å². The van der Waals surface area contributed by atoms with Crippen LogP contribution in [0.2, 0.25) is 0 Å². The van der Waals surface area contributed by atoms with Gasteiger partial charge >= 0.3 is 0 Å². The van der Waals surface area contributed by atoms with E-state index in [9.17, 15) is 13.2 Å². The summed E-state index contributed by atoms with van der Waals surface area (Å²) in [6.07, 6.45) is 0. The maximum atomic E-state index is 13.2. The van der Waals surface area contributed by atoms with E-state index in [4.69, 9.17) is 4.74 Å². The molecule has 3 rings (SSSR count). The van der Waals surface area contributed by atoms with E-state index in [0.717, 1.165) is 16.7 Å². The Morgan fingerprint density at radius 3 is 2.17 bits per heavy atom. The third-order valence-corrected chi connectivity index (χ3v) is 7.35. The lowest BCUT2D eigenvalue weighted by molar-refractivity contribution is 0.0693. The molecule has 0 aliphatic carbocycles. The average Bonchev–Trinajstić information content (AvgIpc) is 2.67. The van der Waals surface area contributed by atoms with E-state index in [1.165, 1.54) is 4.31 Å². The van der Waals surface area contributed by atoms with Crippen LogP contribution in [0.25, 0.3) is 0 Å². The summed E-state index contributed by atoms with van der Waals surface area (Å²) in [5.41, 5.74) is 3.07. The highest BCUT2D eigenvalue weighted by molar-refractivity contribution is 7.89. The number of benzene rings is 2. The molecule has 1 amide bonds.